The number of hydrogen-bond acceptors (Lipinski definition) is 2. The molecule has 0 heterocycles. The van der Waals surface area contributed by atoms with Crippen molar-refractivity contribution >= 4 is 21.6 Å². The largest absolute Gasteiger partial charge is 0.495 e. The summed E-state index contributed by atoms with van der Waals surface area (Å²) in [5.41, 5.74) is 1.60. The Morgan fingerprint density at radius 3 is 2.61 bits per heavy atom. The van der Waals surface area contributed by atoms with Crippen LogP contribution in [0.5, 0.6) is 5.75 Å². The minimum Gasteiger partial charge on any atom is -0.495 e. The normalized spacial score (nSPS) is 26.1. The van der Waals surface area contributed by atoms with E-state index >= 15 is 0 Å². The van der Waals surface area contributed by atoms with E-state index < -0.39 is 0 Å². The summed E-state index contributed by atoms with van der Waals surface area (Å²) in [5, 5.41) is 3.65. The SMILES string of the molecule is COc1cc(NC2CC(C)(C)CC2C)ccc1Br. The molecule has 3 heteroatoms. The number of hydrogen-bond donors (Lipinski definition) is 1. The van der Waals surface area contributed by atoms with Crippen molar-refractivity contribution < 1.29 is 4.74 Å². The second kappa shape index (κ2) is 5.12. The van der Waals surface area contributed by atoms with Gasteiger partial charge in [0.1, 0.15) is 5.75 Å². The summed E-state index contributed by atoms with van der Waals surface area (Å²) in [7, 11) is 1.70. The van der Waals surface area contributed by atoms with Gasteiger partial charge in [-0.15, -0.1) is 0 Å². The molecule has 100 valence electrons. The van der Waals surface area contributed by atoms with Gasteiger partial charge >= 0.3 is 0 Å². The van der Waals surface area contributed by atoms with Crippen LogP contribution in [0.25, 0.3) is 0 Å². The van der Waals surface area contributed by atoms with E-state index in [9.17, 15) is 0 Å². The average Bonchev–Trinajstić information content (AvgIpc) is 2.54. The third-order valence-corrected chi connectivity index (χ3v) is 4.49. The van der Waals surface area contributed by atoms with Gasteiger partial charge < -0.3 is 10.1 Å². The van der Waals surface area contributed by atoms with Gasteiger partial charge in [-0.25, -0.2) is 0 Å². The van der Waals surface area contributed by atoms with Gasteiger partial charge in [0.15, 0.2) is 0 Å². The molecule has 1 N–H and O–H groups in total. The summed E-state index contributed by atoms with van der Waals surface area (Å²) < 4.78 is 6.33. The van der Waals surface area contributed by atoms with Crippen LogP contribution in [0.3, 0.4) is 0 Å². The standard InChI is InChI=1S/C15H22BrNO/c1-10-8-15(2,3)9-13(10)17-11-5-6-12(16)14(7-11)18-4/h5-7,10,13,17H,8-9H2,1-4H3. The van der Waals surface area contributed by atoms with Gasteiger partial charge in [0.05, 0.1) is 11.6 Å². The van der Waals surface area contributed by atoms with Gasteiger partial charge in [-0.1, -0.05) is 20.8 Å². The molecular weight excluding hydrogens is 290 g/mol. The Kier molecular flexibility index (Phi) is 3.90. The lowest BCUT2D eigenvalue weighted by Crippen LogP contribution is -2.22. The first-order valence-electron chi connectivity index (χ1n) is 6.51. The molecule has 1 aliphatic carbocycles. The van der Waals surface area contributed by atoms with Crippen molar-refractivity contribution in [2.45, 2.75) is 39.7 Å². The molecule has 2 atom stereocenters. The zero-order valence-electron chi connectivity index (χ0n) is 11.6. The van der Waals surface area contributed by atoms with Crippen LogP contribution in [0.15, 0.2) is 22.7 Å². The van der Waals surface area contributed by atoms with Crippen molar-refractivity contribution in [2.24, 2.45) is 11.3 Å². The van der Waals surface area contributed by atoms with Crippen molar-refractivity contribution in [1.82, 2.24) is 0 Å². The number of nitrogens with one attached hydrogen (secondary N) is 1. The zero-order valence-corrected chi connectivity index (χ0v) is 13.2. The molecule has 2 nitrogen and oxygen atoms in total. The topological polar surface area (TPSA) is 21.3 Å². The fourth-order valence-electron chi connectivity index (χ4n) is 3.05. The summed E-state index contributed by atoms with van der Waals surface area (Å²) in [6.45, 7) is 7.04. The maximum atomic E-state index is 5.33. The van der Waals surface area contributed by atoms with Gasteiger partial charge in [0, 0.05) is 17.8 Å². The van der Waals surface area contributed by atoms with E-state index in [1.54, 1.807) is 7.11 Å². The van der Waals surface area contributed by atoms with Gasteiger partial charge in [-0.2, -0.15) is 0 Å². The highest BCUT2D eigenvalue weighted by Gasteiger charge is 2.36. The number of halogens is 1. The summed E-state index contributed by atoms with van der Waals surface area (Å²) in [5.74, 6) is 1.60. The molecule has 2 unspecified atom stereocenters. The predicted octanol–water partition coefficient (Wildman–Crippen LogP) is 4.69. The van der Waals surface area contributed by atoms with Crippen LogP contribution in [0.2, 0.25) is 0 Å². The number of ether oxygens (including phenoxy) is 1. The highest BCUT2D eigenvalue weighted by Crippen LogP contribution is 2.42. The minimum absolute atomic E-state index is 0.455. The Morgan fingerprint density at radius 1 is 1.33 bits per heavy atom. The number of rotatable bonds is 3. The van der Waals surface area contributed by atoms with Gasteiger partial charge in [-0.3, -0.25) is 0 Å². The Balaban J connectivity index is 2.10. The van der Waals surface area contributed by atoms with Crippen LogP contribution in [0.1, 0.15) is 33.6 Å². The molecule has 0 aliphatic heterocycles. The number of anilines is 1. The summed E-state index contributed by atoms with van der Waals surface area (Å²) in [4.78, 5) is 0. The van der Waals surface area contributed by atoms with Crippen LogP contribution < -0.4 is 10.1 Å². The first kappa shape index (κ1) is 13.7. The molecule has 1 saturated carbocycles. The minimum atomic E-state index is 0.455. The van der Waals surface area contributed by atoms with E-state index in [0.29, 0.717) is 11.5 Å². The monoisotopic (exact) mass is 311 g/mol. The lowest BCUT2D eigenvalue weighted by Gasteiger charge is -2.20. The van der Waals surface area contributed by atoms with Gasteiger partial charge in [0.2, 0.25) is 0 Å². The van der Waals surface area contributed by atoms with Gasteiger partial charge in [-0.05, 0) is 52.2 Å². The third-order valence-electron chi connectivity index (χ3n) is 3.84. The Labute approximate surface area is 118 Å². The highest BCUT2D eigenvalue weighted by atomic mass is 79.9. The first-order chi connectivity index (χ1) is 8.41. The molecule has 18 heavy (non-hydrogen) atoms. The molecule has 1 aromatic rings. The molecule has 1 aliphatic rings. The molecule has 1 fully saturated rings. The summed E-state index contributed by atoms with van der Waals surface area (Å²) in [6.07, 6.45) is 2.52. The zero-order chi connectivity index (χ0) is 13.3. The summed E-state index contributed by atoms with van der Waals surface area (Å²) >= 11 is 3.48. The molecular formula is C15H22BrNO. The highest BCUT2D eigenvalue weighted by molar-refractivity contribution is 9.10. The smallest absolute Gasteiger partial charge is 0.135 e. The van der Waals surface area contributed by atoms with Crippen LogP contribution in [-0.4, -0.2) is 13.2 Å². The van der Waals surface area contributed by atoms with E-state index in [1.165, 1.54) is 12.8 Å². The second-order valence-corrected chi connectivity index (χ2v) is 7.00. The average molecular weight is 312 g/mol. The lowest BCUT2D eigenvalue weighted by molar-refractivity contribution is 0.366. The lowest BCUT2D eigenvalue weighted by atomic mass is 9.91. The second-order valence-electron chi connectivity index (χ2n) is 6.15. The van der Waals surface area contributed by atoms with E-state index in [4.69, 9.17) is 4.74 Å². The first-order valence-corrected chi connectivity index (χ1v) is 7.31. The molecule has 0 saturated heterocycles. The quantitative estimate of drug-likeness (QED) is 0.874. The Bertz CT molecular complexity index is 431. The maximum absolute atomic E-state index is 5.33. The predicted molar refractivity (Wildman–Crippen MR) is 80.3 cm³/mol. The Hall–Kier alpha value is -0.700. The molecule has 1 aromatic carbocycles. The van der Waals surface area contributed by atoms with Crippen molar-refractivity contribution in [3.8, 4) is 5.75 Å². The van der Waals surface area contributed by atoms with Crippen LogP contribution in [0.4, 0.5) is 5.69 Å². The summed E-state index contributed by atoms with van der Waals surface area (Å²) in [6, 6.07) is 6.75. The molecule has 0 spiro atoms. The third kappa shape index (κ3) is 3.00. The van der Waals surface area contributed by atoms with E-state index in [1.807, 2.05) is 6.07 Å². The van der Waals surface area contributed by atoms with Crippen LogP contribution >= 0.6 is 15.9 Å². The molecule has 2 rings (SSSR count). The fourth-order valence-corrected chi connectivity index (χ4v) is 3.46. The number of benzene rings is 1. The van der Waals surface area contributed by atoms with Crippen molar-refractivity contribution in [1.29, 1.82) is 0 Å². The Morgan fingerprint density at radius 2 is 2.06 bits per heavy atom. The van der Waals surface area contributed by atoms with Crippen LogP contribution in [0, 0.1) is 11.3 Å². The van der Waals surface area contributed by atoms with Gasteiger partial charge in [0.25, 0.3) is 0 Å². The van der Waals surface area contributed by atoms with Crippen molar-refractivity contribution in [2.75, 3.05) is 12.4 Å². The van der Waals surface area contributed by atoms with Crippen molar-refractivity contribution in [3.05, 3.63) is 22.7 Å². The fraction of sp³-hybridized carbons (Fsp3) is 0.600. The molecule has 0 aromatic heterocycles. The number of methoxy groups -OCH3 is 1. The molecule has 0 bridgehead atoms. The molecule has 0 amide bonds. The van der Waals surface area contributed by atoms with Crippen molar-refractivity contribution in [3.63, 3.8) is 0 Å². The van der Waals surface area contributed by atoms with E-state index in [0.717, 1.165) is 21.8 Å². The molecule has 0 radical (unpaired) electrons. The van der Waals surface area contributed by atoms with E-state index in [2.05, 4.69) is 54.2 Å². The maximum Gasteiger partial charge on any atom is 0.135 e. The van der Waals surface area contributed by atoms with E-state index in [-0.39, 0.29) is 0 Å². The van der Waals surface area contributed by atoms with Crippen LogP contribution in [-0.2, 0) is 0 Å².